The van der Waals surface area contributed by atoms with Crippen LogP contribution in [0.25, 0.3) is 0 Å². The van der Waals surface area contributed by atoms with Crippen LogP contribution in [0.4, 0.5) is 0 Å². The molecule has 0 saturated carbocycles. The molecule has 0 aliphatic rings. The molecular weight excluding hydrogens is 212 g/mol. The van der Waals surface area contributed by atoms with Gasteiger partial charge in [-0.05, 0) is 34.9 Å². The smallest absolute Gasteiger partial charge is 0.222 e. The SMILES string of the molecule is Oc1ccc(Cc2cnc(Cl)nc2)cc1. The Morgan fingerprint density at radius 3 is 2.20 bits per heavy atom. The molecule has 0 bridgehead atoms. The third kappa shape index (κ3) is 2.67. The molecule has 2 rings (SSSR count). The van der Waals surface area contributed by atoms with Crippen molar-refractivity contribution in [3.63, 3.8) is 0 Å². The number of benzene rings is 1. The predicted molar refractivity (Wildman–Crippen MR) is 58.0 cm³/mol. The summed E-state index contributed by atoms with van der Waals surface area (Å²) >= 11 is 5.58. The molecule has 4 heteroatoms. The lowest BCUT2D eigenvalue weighted by Crippen LogP contribution is -1.91. The first-order valence-electron chi connectivity index (χ1n) is 4.48. The van der Waals surface area contributed by atoms with E-state index >= 15 is 0 Å². The topological polar surface area (TPSA) is 46.0 Å². The van der Waals surface area contributed by atoms with Crippen molar-refractivity contribution in [2.24, 2.45) is 0 Å². The number of hydrogen-bond acceptors (Lipinski definition) is 3. The first-order chi connectivity index (χ1) is 7.24. The maximum absolute atomic E-state index is 9.12. The highest BCUT2D eigenvalue weighted by Gasteiger charge is 1.98. The summed E-state index contributed by atoms with van der Waals surface area (Å²) in [5.41, 5.74) is 2.09. The largest absolute Gasteiger partial charge is 0.508 e. The molecule has 0 atom stereocenters. The molecule has 0 radical (unpaired) electrons. The second kappa shape index (κ2) is 4.28. The van der Waals surface area contributed by atoms with E-state index < -0.39 is 0 Å². The maximum Gasteiger partial charge on any atom is 0.222 e. The van der Waals surface area contributed by atoms with Crippen molar-refractivity contribution in [1.29, 1.82) is 0 Å². The molecule has 1 heterocycles. The van der Waals surface area contributed by atoms with Crippen LogP contribution in [-0.4, -0.2) is 15.1 Å². The molecular formula is C11H9ClN2O. The Kier molecular flexibility index (Phi) is 2.83. The molecule has 0 amide bonds. The van der Waals surface area contributed by atoms with Gasteiger partial charge >= 0.3 is 0 Å². The second-order valence-electron chi connectivity index (χ2n) is 3.20. The number of aromatic hydroxyl groups is 1. The normalized spacial score (nSPS) is 10.2. The number of phenols is 1. The van der Waals surface area contributed by atoms with E-state index in [4.69, 9.17) is 16.7 Å². The van der Waals surface area contributed by atoms with Crippen LogP contribution in [0.2, 0.25) is 5.28 Å². The highest BCUT2D eigenvalue weighted by atomic mass is 35.5. The van der Waals surface area contributed by atoms with Gasteiger partial charge in [-0.2, -0.15) is 0 Å². The number of halogens is 1. The summed E-state index contributed by atoms with van der Waals surface area (Å²) in [7, 11) is 0. The first kappa shape index (κ1) is 9.93. The molecule has 3 nitrogen and oxygen atoms in total. The minimum Gasteiger partial charge on any atom is -0.508 e. The number of phenolic OH excluding ortho intramolecular Hbond substituents is 1. The summed E-state index contributed by atoms with van der Waals surface area (Å²) in [6, 6.07) is 7.05. The van der Waals surface area contributed by atoms with Crippen LogP contribution in [0.3, 0.4) is 0 Å². The second-order valence-corrected chi connectivity index (χ2v) is 3.54. The highest BCUT2D eigenvalue weighted by Crippen LogP contribution is 2.13. The standard InChI is InChI=1S/C11H9ClN2O/c12-11-13-6-9(7-14-11)5-8-1-3-10(15)4-2-8/h1-4,6-7,15H,5H2. The van der Waals surface area contributed by atoms with Crippen LogP contribution >= 0.6 is 11.6 Å². The van der Waals surface area contributed by atoms with Gasteiger partial charge in [0, 0.05) is 18.8 Å². The zero-order chi connectivity index (χ0) is 10.7. The van der Waals surface area contributed by atoms with E-state index in [1.165, 1.54) is 0 Å². The van der Waals surface area contributed by atoms with Crippen LogP contribution in [0.15, 0.2) is 36.7 Å². The first-order valence-corrected chi connectivity index (χ1v) is 4.86. The molecule has 15 heavy (non-hydrogen) atoms. The Morgan fingerprint density at radius 1 is 1.00 bits per heavy atom. The molecule has 1 N–H and O–H groups in total. The lowest BCUT2D eigenvalue weighted by molar-refractivity contribution is 0.475. The number of hydrogen-bond donors (Lipinski definition) is 1. The molecule has 0 aliphatic heterocycles. The monoisotopic (exact) mass is 220 g/mol. The Hall–Kier alpha value is -1.61. The summed E-state index contributed by atoms with van der Waals surface area (Å²) in [6.07, 6.45) is 4.13. The van der Waals surface area contributed by atoms with E-state index in [1.54, 1.807) is 24.5 Å². The van der Waals surface area contributed by atoms with Crippen molar-refractivity contribution >= 4 is 11.6 Å². The Balaban J connectivity index is 2.15. The molecule has 0 unspecified atom stereocenters. The molecule has 0 saturated heterocycles. The molecule has 1 aromatic heterocycles. The maximum atomic E-state index is 9.12. The van der Waals surface area contributed by atoms with E-state index in [0.717, 1.165) is 17.5 Å². The number of nitrogens with zero attached hydrogens (tertiary/aromatic N) is 2. The third-order valence-electron chi connectivity index (χ3n) is 2.02. The van der Waals surface area contributed by atoms with Crippen molar-refractivity contribution < 1.29 is 5.11 Å². The third-order valence-corrected chi connectivity index (χ3v) is 2.21. The average molecular weight is 221 g/mol. The van der Waals surface area contributed by atoms with E-state index in [9.17, 15) is 0 Å². The zero-order valence-electron chi connectivity index (χ0n) is 7.89. The lowest BCUT2D eigenvalue weighted by atomic mass is 10.1. The van der Waals surface area contributed by atoms with Gasteiger partial charge < -0.3 is 5.11 Å². The Labute approximate surface area is 92.4 Å². The quantitative estimate of drug-likeness (QED) is 0.791. The van der Waals surface area contributed by atoms with Gasteiger partial charge in [-0.1, -0.05) is 12.1 Å². The Bertz CT molecular complexity index is 396. The molecule has 2 aromatic rings. The summed E-state index contributed by atoms with van der Waals surface area (Å²) in [4.78, 5) is 7.80. The molecule has 0 fully saturated rings. The summed E-state index contributed by atoms with van der Waals surface area (Å²) < 4.78 is 0. The van der Waals surface area contributed by atoms with Crippen molar-refractivity contribution in [3.05, 3.63) is 53.1 Å². The zero-order valence-corrected chi connectivity index (χ0v) is 8.65. The minimum absolute atomic E-state index is 0.254. The summed E-state index contributed by atoms with van der Waals surface area (Å²) in [6.45, 7) is 0. The predicted octanol–water partition coefficient (Wildman–Crippen LogP) is 2.43. The average Bonchev–Trinajstić information content (AvgIpc) is 2.25. The van der Waals surface area contributed by atoms with Gasteiger partial charge in [-0.25, -0.2) is 9.97 Å². The van der Waals surface area contributed by atoms with Crippen molar-refractivity contribution in [2.45, 2.75) is 6.42 Å². The summed E-state index contributed by atoms with van der Waals surface area (Å²) in [5, 5.41) is 9.37. The van der Waals surface area contributed by atoms with E-state index in [0.29, 0.717) is 0 Å². The van der Waals surface area contributed by atoms with Crippen molar-refractivity contribution in [3.8, 4) is 5.75 Å². The van der Waals surface area contributed by atoms with Crippen LogP contribution in [0, 0.1) is 0 Å². The number of aromatic nitrogens is 2. The van der Waals surface area contributed by atoms with Crippen molar-refractivity contribution in [1.82, 2.24) is 9.97 Å². The highest BCUT2D eigenvalue weighted by molar-refractivity contribution is 6.28. The molecule has 1 aromatic carbocycles. The van der Waals surface area contributed by atoms with Gasteiger partial charge in [-0.3, -0.25) is 0 Å². The van der Waals surface area contributed by atoms with E-state index in [2.05, 4.69) is 9.97 Å². The van der Waals surface area contributed by atoms with Crippen LogP contribution in [0.1, 0.15) is 11.1 Å². The van der Waals surface area contributed by atoms with E-state index in [1.807, 2.05) is 12.1 Å². The lowest BCUT2D eigenvalue weighted by Gasteiger charge is -2.01. The molecule has 0 spiro atoms. The van der Waals surface area contributed by atoms with Gasteiger partial charge in [0.1, 0.15) is 5.75 Å². The minimum atomic E-state index is 0.254. The van der Waals surface area contributed by atoms with Gasteiger partial charge in [0.25, 0.3) is 0 Å². The Morgan fingerprint density at radius 2 is 1.60 bits per heavy atom. The van der Waals surface area contributed by atoms with Gasteiger partial charge in [0.15, 0.2) is 0 Å². The molecule has 76 valence electrons. The molecule has 0 aliphatic carbocycles. The fraction of sp³-hybridized carbons (Fsp3) is 0.0909. The van der Waals surface area contributed by atoms with E-state index in [-0.39, 0.29) is 11.0 Å². The van der Waals surface area contributed by atoms with Gasteiger partial charge in [0.2, 0.25) is 5.28 Å². The van der Waals surface area contributed by atoms with Crippen LogP contribution in [0.5, 0.6) is 5.75 Å². The number of rotatable bonds is 2. The fourth-order valence-electron chi connectivity index (χ4n) is 1.28. The van der Waals surface area contributed by atoms with Crippen LogP contribution < -0.4 is 0 Å². The van der Waals surface area contributed by atoms with Crippen LogP contribution in [-0.2, 0) is 6.42 Å². The van der Waals surface area contributed by atoms with Gasteiger partial charge in [0.05, 0.1) is 0 Å². The van der Waals surface area contributed by atoms with Gasteiger partial charge in [-0.15, -0.1) is 0 Å². The fourth-order valence-corrected chi connectivity index (χ4v) is 1.38. The summed E-state index contributed by atoms with van der Waals surface area (Å²) in [5.74, 6) is 0.270. The van der Waals surface area contributed by atoms with Crippen molar-refractivity contribution in [2.75, 3.05) is 0 Å².